The molecule has 0 saturated heterocycles. The first-order chi connectivity index (χ1) is 12.7. The Hall–Kier alpha value is -0.120. The maximum absolute atomic E-state index is 10.5. The third kappa shape index (κ3) is 4.47. The van der Waals surface area contributed by atoms with Crippen LogP contribution in [0.4, 0.5) is 0 Å². The van der Waals surface area contributed by atoms with Gasteiger partial charge in [0.25, 0.3) is 0 Å². The van der Waals surface area contributed by atoms with E-state index in [2.05, 4.69) is 6.92 Å². The molecule has 5 fully saturated rings. The van der Waals surface area contributed by atoms with E-state index in [-0.39, 0.29) is 6.10 Å². The molecule has 5 rings (SSSR count). The van der Waals surface area contributed by atoms with E-state index < -0.39 is 0 Å². The molecule has 0 spiro atoms. The molecule has 2 atom stereocenters. The van der Waals surface area contributed by atoms with E-state index in [9.17, 15) is 5.11 Å². The molecule has 2 N–H and O–H groups in total. The fourth-order valence-corrected chi connectivity index (χ4v) is 7.58. The second-order valence-electron chi connectivity index (χ2n) is 10.4. The molecule has 3 heteroatoms. The lowest BCUT2D eigenvalue weighted by molar-refractivity contribution is -0.928. The summed E-state index contributed by atoms with van der Waals surface area (Å²) in [4.78, 5) is 1.60. The third-order valence-electron chi connectivity index (χ3n) is 8.39. The minimum Gasteiger partial charge on any atom is -0.385 e. The SMILES string of the molecule is CC[NH+](C[C@@H](O)COCCC12CC3CC(CC(C3)C1)C2)C1CCCCC1. The topological polar surface area (TPSA) is 33.9 Å². The Balaban J connectivity index is 1.16. The molecule has 0 aromatic rings. The molecule has 1 unspecified atom stereocenters. The zero-order chi connectivity index (χ0) is 18.0. The average molecular weight is 365 g/mol. The van der Waals surface area contributed by atoms with Crippen LogP contribution in [0.5, 0.6) is 0 Å². The smallest absolute Gasteiger partial charge is 0.126 e. The molecule has 0 aromatic heterocycles. The minimum atomic E-state index is -0.289. The number of aliphatic hydroxyl groups excluding tert-OH is 1. The van der Waals surface area contributed by atoms with Crippen LogP contribution in [0.25, 0.3) is 0 Å². The van der Waals surface area contributed by atoms with Crippen LogP contribution >= 0.6 is 0 Å². The Labute approximate surface area is 160 Å². The number of hydrogen-bond acceptors (Lipinski definition) is 2. The van der Waals surface area contributed by atoms with Gasteiger partial charge in [-0.1, -0.05) is 6.42 Å². The number of aliphatic hydroxyl groups is 1. The molecule has 4 bridgehead atoms. The van der Waals surface area contributed by atoms with Gasteiger partial charge >= 0.3 is 0 Å². The van der Waals surface area contributed by atoms with Crippen molar-refractivity contribution >= 4 is 0 Å². The largest absolute Gasteiger partial charge is 0.385 e. The van der Waals surface area contributed by atoms with Gasteiger partial charge in [0.1, 0.15) is 12.6 Å². The summed E-state index contributed by atoms with van der Waals surface area (Å²) < 4.78 is 6.00. The first-order valence-corrected chi connectivity index (χ1v) is 11.8. The monoisotopic (exact) mass is 364 g/mol. The number of rotatable bonds is 9. The second kappa shape index (κ2) is 8.49. The molecule has 5 aliphatic rings. The van der Waals surface area contributed by atoms with Gasteiger partial charge in [0.15, 0.2) is 0 Å². The summed E-state index contributed by atoms with van der Waals surface area (Å²) >= 11 is 0. The van der Waals surface area contributed by atoms with E-state index in [1.807, 2.05) is 0 Å². The summed E-state index contributed by atoms with van der Waals surface area (Å²) in [7, 11) is 0. The van der Waals surface area contributed by atoms with Gasteiger partial charge in [0.2, 0.25) is 0 Å². The first-order valence-electron chi connectivity index (χ1n) is 11.8. The van der Waals surface area contributed by atoms with Crippen molar-refractivity contribution in [2.75, 3.05) is 26.3 Å². The lowest BCUT2D eigenvalue weighted by atomic mass is 9.49. The van der Waals surface area contributed by atoms with Crippen LogP contribution in [0.3, 0.4) is 0 Å². The molecular formula is C23H42NO2+. The quantitative estimate of drug-likeness (QED) is 0.616. The summed E-state index contributed by atoms with van der Waals surface area (Å²) in [5.74, 6) is 3.09. The lowest BCUT2D eigenvalue weighted by Crippen LogP contribution is -3.16. The maximum Gasteiger partial charge on any atom is 0.126 e. The minimum absolute atomic E-state index is 0.289. The van der Waals surface area contributed by atoms with E-state index >= 15 is 0 Å². The van der Waals surface area contributed by atoms with E-state index in [4.69, 9.17) is 4.74 Å². The molecule has 150 valence electrons. The third-order valence-corrected chi connectivity index (χ3v) is 8.39. The average Bonchev–Trinajstić information content (AvgIpc) is 2.63. The van der Waals surface area contributed by atoms with E-state index in [0.717, 1.165) is 43.5 Å². The molecule has 0 aliphatic heterocycles. The molecule has 5 saturated carbocycles. The maximum atomic E-state index is 10.5. The van der Waals surface area contributed by atoms with Crippen LogP contribution < -0.4 is 4.90 Å². The van der Waals surface area contributed by atoms with Gasteiger partial charge in [-0.15, -0.1) is 0 Å². The summed E-state index contributed by atoms with van der Waals surface area (Å²) in [6.07, 6.45) is 16.8. The van der Waals surface area contributed by atoms with Gasteiger partial charge in [0.05, 0.1) is 19.2 Å². The molecule has 26 heavy (non-hydrogen) atoms. The molecule has 0 radical (unpaired) electrons. The highest BCUT2D eigenvalue weighted by Gasteiger charge is 2.50. The van der Waals surface area contributed by atoms with Gasteiger partial charge < -0.3 is 14.7 Å². The van der Waals surface area contributed by atoms with Gasteiger partial charge in [0, 0.05) is 6.61 Å². The second-order valence-corrected chi connectivity index (χ2v) is 10.4. The van der Waals surface area contributed by atoms with Crippen molar-refractivity contribution in [1.29, 1.82) is 0 Å². The Kier molecular flexibility index (Phi) is 6.27. The van der Waals surface area contributed by atoms with Crippen molar-refractivity contribution in [2.45, 2.75) is 96.1 Å². The predicted molar refractivity (Wildman–Crippen MR) is 105 cm³/mol. The highest BCUT2D eigenvalue weighted by atomic mass is 16.5. The standard InChI is InChI=1S/C23H41NO2/c1-2-24(21-6-4-3-5-7-21)16-22(25)17-26-9-8-23-13-18-10-19(14-23)12-20(11-18)15-23/h18-22,25H,2-17H2,1H3/p+1/t18?,19?,20?,22-,23?/m1/s1. The van der Waals surface area contributed by atoms with Crippen LogP contribution in [0.2, 0.25) is 0 Å². The molecule has 0 aromatic carbocycles. The van der Waals surface area contributed by atoms with Crippen molar-refractivity contribution in [2.24, 2.45) is 23.2 Å². The molecular weight excluding hydrogens is 322 g/mol. The summed E-state index contributed by atoms with van der Waals surface area (Å²) in [6, 6.07) is 0.774. The predicted octanol–water partition coefficient (Wildman–Crippen LogP) is 3.21. The Morgan fingerprint density at radius 2 is 1.62 bits per heavy atom. The zero-order valence-electron chi connectivity index (χ0n) is 17.1. The lowest BCUT2D eigenvalue weighted by Gasteiger charge is -2.57. The Morgan fingerprint density at radius 1 is 1.00 bits per heavy atom. The summed E-state index contributed by atoms with van der Waals surface area (Å²) in [5, 5.41) is 10.5. The van der Waals surface area contributed by atoms with Gasteiger partial charge in [-0.3, -0.25) is 0 Å². The van der Waals surface area contributed by atoms with Crippen molar-refractivity contribution in [3.8, 4) is 0 Å². The van der Waals surface area contributed by atoms with Crippen LogP contribution in [0.1, 0.15) is 84.0 Å². The zero-order valence-corrected chi connectivity index (χ0v) is 17.1. The van der Waals surface area contributed by atoms with Crippen LogP contribution in [-0.4, -0.2) is 43.6 Å². The van der Waals surface area contributed by atoms with E-state index in [0.29, 0.717) is 12.0 Å². The Bertz CT molecular complexity index is 410. The van der Waals surface area contributed by atoms with Gasteiger partial charge in [-0.2, -0.15) is 0 Å². The fourth-order valence-electron chi connectivity index (χ4n) is 7.58. The molecule has 5 aliphatic carbocycles. The molecule has 3 nitrogen and oxygen atoms in total. The van der Waals surface area contributed by atoms with Crippen molar-refractivity contribution in [3.63, 3.8) is 0 Å². The summed E-state index contributed by atoms with van der Waals surface area (Å²) in [6.45, 7) is 5.69. The van der Waals surface area contributed by atoms with Crippen molar-refractivity contribution in [3.05, 3.63) is 0 Å². The molecule has 0 heterocycles. The number of ether oxygens (including phenoxy) is 1. The number of nitrogens with one attached hydrogen (secondary N) is 1. The van der Waals surface area contributed by atoms with Crippen LogP contribution in [0.15, 0.2) is 0 Å². The summed E-state index contributed by atoms with van der Waals surface area (Å²) in [5.41, 5.74) is 0.614. The van der Waals surface area contributed by atoms with Gasteiger partial charge in [-0.25, -0.2) is 0 Å². The van der Waals surface area contributed by atoms with Crippen LogP contribution in [0, 0.1) is 23.2 Å². The van der Waals surface area contributed by atoms with E-state index in [1.165, 1.54) is 77.0 Å². The first kappa shape index (κ1) is 19.2. The fraction of sp³-hybridized carbons (Fsp3) is 1.00. The number of likely N-dealkylation sites (N-methyl/N-ethyl adjacent to an activating group) is 1. The van der Waals surface area contributed by atoms with Crippen molar-refractivity contribution in [1.82, 2.24) is 0 Å². The number of hydrogen-bond donors (Lipinski definition) is 2. The normalized spacial score (nSPS) is 39.2. The molecule has 0 amide bonds. The van der Waals surface area contributed by atoms with E-state index in [1.54, 1.807) is 4.90 Å². The van der Waals surface area contributed by atoms with Crippen LogP contribution in [-0.2, 0) is 4.74 Å². The van der Waals surface area contributed by atoms with Crippen molar-refractivity contribution < 1.29 is 14.7 Å². The highest BCUT2D eigenvalue weighted by Crippen LogP contribution is 2.61. The number of quaternary nitrogens is 1. The van der Waals surface area contributed by atoms with Gasteiger partial charge in [-0.05, 0) is 101 Å². The Morgan fingerprint density at radius 3 is 2.19 bits per heavy atom. The highest BCUT2D eigenvalue weighted by molar-refractivity contribution is 5.01.